The van der Waals surface area contributed by atoms with Crippen molar-refractivity contribution in [3.05, 3.63) is 0 Å². The van der Waals surface area contributed by atoms with Crippen LogP contribution in [0.1, 0.15) is 39.5 Å². The third-order valence-electron chi connectivity index (χ3n) is 3.70. The van der Waals surface area contributed by atoms with Crippen molar-refractivity contribution in [3.63, 3.8) is 0 Å². The Labute approximate surface area is 92.2 Å². The molecule has 0 aromatic heterocycles. The van der Waals surface area contributed by atoms with E-state index in [1.165, 1.54) is 19.4 Å². The number of rotatable bonds is 3. The Balaban J connectivity index is 1.69. The van der Waals surface area contributed by atoms with Gasteiger partial charge in [0.15, 0.2) is 0 Å². The zero-order valence-electron chi connectivity index (χ0n) is 9.88. The summed E-state index contributed by atoms with van der Waals surface area (Å²) in [6.45, 7) is 7.56. The van der Waals surface area contributed by atoms with Crippen molar-refractivity contribution in [3.8, 4) is 0 Å². The van der Waals surface area contributed by atoms with E-state index >= 15 is 0 Å². The summed E-state index contributed by atoms with van der Waals surface area (Å²) in [4.78, 5) is 13.5. The highest BCUT2D eigenvalue weighted by Gasteiger charge is 2.39. The van der Waals surface area contributed by atoms with Gasteiger partial charge in [-0.2, -0.15) is 0 Å². The van der Waals surface area contributed by atoms with Gasteiger partial charge >= 0.3 is 0 Å². The molecule has 86 valence electrons. The summed E-state index contributed by atoms with van der Waals surface area (Å²) in [7, 11) is 0. The molecule has 1 N–H and O–H groups in total. The van der Waals surface area contributed by atoms with Gasteiger partial charge in [-0.05, 0) is 31.1 Å². The zero-order valence-corrected chi connectivity index (χ0v) is 9.88. The maximum absolute atomic E-state index is 10.9. The van der Waals surface area contributed by atoms with Crippen molar-refractivity contribution in [1.82, 2.24) is 10.2 Å². The molecule has 0 atom stereocenters. The summed E-state index contributed by atoms with van der Waals surface area (Å²) in [5.74, 6) is 0.114. The van der Waals surface area contributed by atoms with Crippen LogP contribution in [-0.4, -0.2) is 36.5 Å². The van der Waals surface area contributed by atoms with Crippen molar-refractivity contribution >= 4 is 5.91 Å². The quantitative estimate of drug-likeness (QED) is 0.763. The summed E-state index contributed by atoms with van der Waals surface area (Å²) in [6.07, 6.45) is 5.04. The van der Waals surface area contributed by atoms with Gasteiger partial charge in [0.1, 0.15) is 0 Å². The molecule has 0 radical (unpaired) electrons. The topological polar surface area (TPSA) is 32.3 Å². The largest absolute Gasteiger partial charge is 0.354 e. The smallest absolute Gasteiger partial charge is 0.217 e. The summed E-state index contributed by atoms with van der Waals surface area (Å²) in [5.41, 5.74) is 0.626. The number of nitrogens with zero attached hydrogens (tertiary/aromatic N) is 1. The number of nitrogens with one attached hydrogen (secondary N) is 1. The second-order valence-electron chi connectivity index (χ2n) is 5.56. The molecular weight excluding hydrogens is 188 g/mol. The number of likely N-dealkylation sites (tertiary alicyclic amines) is 1. The van der Waals surface area contributed by atoms with Gasteiger partial charge < -0.3 is 10.2 Å². The lowest BCUT2D eigenvalue weighted by molar-refractivity contribution is -0.120. The fourth-order valence-electron chi connectivity index (χ4n) is 2.43. The Hall–Kier alpha value is -0.570. The Morgan fingerprint density at radius 1 is 1.40 bits per heavy atom. The van der Waals surface area contributed by atoms with Crippen LogP contribution in [0, 0.1) is 5.41 Å². The first-order chi connectivity index (χ1) is 7.07. The van der Waals surface area contributed by atoms with E-state index in [0.29, 0.717) is 11.5 Å². The molecule has 1 aliphatic carbocycles. The SMILES string of the molecule is CC(=O)NC1CCN(CC2(C)CC2)CC1. The second kappa shape index (κ2) is 4.12. The lowest BCUT2D eigenvalue weighted by Crippen LogP contribution is -2.45. The van der Waals surface area contributed by atoms with Crippen LogP contribution in [0.15, 0.2) is 0 Å². The highest BCUT2D eigenvalue weighted by molar-refractivity contribution is 5.73. The van der Waals surface area contributed by atoms with Crippen LogP contribution in [0.25, 0.3) is 0 Å². The molecule has 0 spiro atoms. The maximum Gasteiger partial charge on any atom is 0.217 e. The van der Waals surface area contributed by atoms with Crippen LogP contribution >= 0.6 is 0 Å². The molecule has 2 fully saturated rings. The van der Waals surface area contributed by atoms with E-state index in [1.54, 1.807) is 6.92 Å². The predicted octanol–water partition coefficient (Wildman–Crippen LogP) is 1.39. The predicted molar refractivity (Wildman–Crippen MR) is 60.6 cm³/mol. The Morgan fingerprint density at radius 3 is 2.47 bits per heavy atom. The monoisotopic (exact) mass is 210 g/mol. The highest BCUT2D eigenvalue weighted by atomic mass is 16.1. The number of hydrogen-bond donors (Lipinski definition) is 1. The number of hydrogen-bond acceptors (Lipinski definition) is 2. The Morgan fingerprint density at radius 2 is 2.00 bits per heavy atom. The molecule has 0 aromatic rings. The minimum Gasteiger partial charge on any atom is -0.354 e. The first kappa shape index (κ1) is 10.9. The lowest BCUT2D eigenvalue weighted by Gasteiger charge is -2.33. The Bertz CT molecular complexity index is 240. The molecular formula is C12H22N2O. The van der Waals surface area contributed by atoms with Gasteiger partial charge in [0.2, 0.25) is 5.91 Å². The van der Waals surface area contributed by atoms with Gasteiger partial charge in [-0.15, -0.1) is 0 Å². The second-order valence-corrected chi connectivity index (χ2v) is 5.56. The van der Waals surface area contributed by atoms with E-state index in [2.05, 4.69) is 17.1 Å². The molecule has 0 bridgehead atoms. The van der Waals surface area contributed by atoms with Gasteiger partial charge in [0.25, 0.3) is 0 Å². The molecule has 1 amide bonds. The number of carbonyl (C=O) groups excluding carboxylic acids is 1. The molecule has 1 aliphatic heterocycles. The molecule has 2 rings (SSSR count). The lowest BCUT2D eigenvalue weighted by atomic mass is 10.0. The summed E-state index contributed by atoms with van der Waals surface area (Å²) < 4.78 is 0. The van der Waals surface area contributed by atoms with Crippen molar-refractivity contribution in [1.29, 1.82) is 0 Å². The van der Waals surface area contributed by atoms with E-state index in [-0.39, 0.29) is 5.91 Å². The van der Waals surface area contributed by atoms with Crippen LogP contribution < -0.4 is 5.32 Å². The van der Waals surface area contributed by atoms with Crippen LogP contribution in [-0.2, 0) is 4.79 Å². The third-order valence-corrected chi connectivity index (χ3v) is 3.70. The van der Waals surface area contributed by atoms with Crippen molar-refractivity contribution in [2.75, 3.05) is 19.6 Å². The molecule has 2 aliphatic rings. The molecule has 3 nitrogen and oxygen atoms in total. The van der Waals surface area contributed by atoms with Gasteiger partial charge in [-0.1, -0.05) is 6.92 Å². The van der Waals surface area contributed by atoms with E-state index in [4.69, 9.17) is 0 Å². The van der Waals surface area contributed by atoms with Gasteiger partial charge in [-0.3, -0.25) is 4.79 Å². The Kier molecular flexibility index (Phi) is 3.01. The first-order valence-corrected chi connectivity index (χ1v) is 6.07. The molecule has 1 saturated heterocycles. The van der Waals surface area contributed by atoms with E-state index < -0.39 is 0 Å². The first-order valence-electron chi connectivity index (χ1n) is 6.07. The fourth-order valence-corrected chi connectivity index (χ4v) is 2.43. The molecule has 15 heavy (non-hydrogen) atoms. The molecule has 3 heteroatoms. The standard InChI is InChI=1S/C12H22N2O/c1-10(15)13-11-3-7-14(8-4-11)9-12(2)5-6-12/h11H,3-9H2,1-2H3,(H,13,15). The zero-order chi connectivity index (χ0) is 10.9. The van der Waals surface area contributed by atoms with Gasteiger partial charge in [0.05, 0.1) is 0 Å². The van der Waals surface area contributed by atoms with E-state index in [9.17, 15) is 4.79 Å². The minimum atomic E-state index is 0.114. The van der Waals surface area contributed by atoms with Crippen molar-refractivity contribution in [2.45, 2.75) is 45.6 Å². The van der Waals surface area contributed by atoms with Crippen molar-refractivity contribution in [2.24, 2.45) is 5.41 Å². The van der Waals surface area contributed by atoms with Gasteiger partial charge in [-0.25, -0.2) is 0 Å². The molecule has 0 unspecified atom stereocenters. The number of carbonyl (C=O) groups is 1. The van der Waals surface area contributed by atoms with Crippen LogP contribution in [0.2, 0.25) is 0 Å². The summed E-state index contributed by atoms with van der Waals surface area (Å²) in [6, 6.07) is 0.422. The molecule has 1 heterocycles. The molecule has 0 aromatic carbocycles. The highest BCUT2D eigenvalue weighted by Crippen LogP contribution is 2.45. The van der Waals surface area contributed by atoms with E-state index in [1.807, 2.05) is 0 Å². The molecule has 1 saturated carbocycles. The average Bonchev–Trinajstić information content (AvgIpc) is 2.86. The normalized spacial score (nSPS) is 26.3. The number of piperidine rings is 1. The van der Waals surface area contributed by atoms with Crippen LogP contribution in [0.4, 0.5) is 0 Å². The summed E-state index contributed by atoms with van der Waals surface area (Å²) in [5, 5.41) is 3.02. The maximum atomic E-state index is 10.9. The van der Waals surface area contributed by atoms with Crippen molar-refractivity contribution < 1.29 is 4.79 Å². The van der Waals surface area contributed by atoms with Gasteiger partial charge in [0, 0.05) is 32.6 Å². The van der Waals surface area contributed by atoms with E-state index in [0.717, 1.165) is 25.9 Å². The van der Waals surface area contributed by atoms with Crippen LogP contribution in [0.5, 0.6) is 0 Å². The van der Waals surface area contributed by atoms with Crippen LogP contribution in [0.3, 0.4) is 0 Å². The minimum absolute atomic E-state index is 0.114. The fraction of sp³-hybridized carbons (Fsp3) is 0.917. The average molecular weight is 210 g/mol. The summed E-state index contributed by atoms with van der Waals surface area (Å²) >= 11 is 0. The third kappa shape index (κ3) is 3.20. The number of amides is 1.